The average molecular weight is 231 g/mol. The van der Waals surface area contributed by atoms with Crippen molar-refractivity contribution in [2.45, 2.75) is 38.3 Å². The fraction of sp³-hybridized carbons (Fsp3) is 0.643. The normalized spacial score (nSPS) is 29.8. The molecule has 3 heteroatoms. The van der Waals surface area contributed by atoms with E-state index < -0.39 is 0 Å². The summed E-state index contributed by atoms with van der Waals surface area (Å²) in [6.45, 7) is 4.20. The second kappa shape index (κ2) is 4.39. The Labute approximate surface area is 103 Å². The summed E-state index contributed by atoms with van der Waals surface area (Å²) in [4.78, 5) is 6.97. The van der Waals surface area contributed by atoms with Crippen LogP contribution in [0.1, 0.15) is 36.4 Å². The molecule has 2 unspecified atom stereocenters. The van der Waals surface area contributed by atoms with E-state index >= 15 is 0 Å². The van der Waals surface area contributed by atoms with Gasteiger partial charge in [0.25, 0.3) is 0 Å². The van der Waals surface area contributed by atoms with Crippen LogP contribution in [0.3, 0.4) is 0 Å². The highest BCUT2D eigenvalue weighted by molar-refractivity contribution is 5.27. The van der Waals surface area contributed by atoms with E-state index in [1.54, 1.807) is 0 Å². The molecule has 3 nitrogen and oxygen atoms in total. The molecule has 0 bridgehead atoms. The van der Waals surface area contributed by atoms with Crippen molar-refractivity contribution in [2.24, 2.45) is 11.7 Å². The van der Waals surface area contributed by atoms with Crippen molar-refractivity contribution in [1.29, 1.82) is 0 Å². The lowest BCUT2D eigenvalue weighted by molar-refractivity contribution is 0.219. The molecule has 2 heterocycles. The molecule has 3 rings (SSSR count). The van der Waals surface area contributed by atoms with Crippen molar-refractivity contribution >= 4 is 0 Å². The maximum atomic E-state index is 5.95. The predicted molar refractivity (Wildman–Crippen MR) is 68.6 cm³/mol. The zero-order chi connectivity index (χ0) is 11.8. The van der Waals surface area contributed by atoms with E-state index in [1.165, 1.54) is 36.9 Å². The largest absolute Gasteiger partial charge is 0.330 e. The van der Waals surface area contributed by atoms with Crippen molar-refractivity contribution in [1.82, 2.24) is 9.88 Å². The van der Waals surface area contributed by atoms with Gasteiger partial charge in [-0.3, -0.25) is 9.88 Å². The van der Waals surface area contributed by atoms with E-state index in [2.05, 4.69) is 22.9 Å². The van der Waals surface area contributed by atoms with Gasteiger partial charge in [-0.2, -0.15) is 0 Å². The summed E-state index contributed by atoms with van der Waals surface area (Å²) in [6.07, 6.45) is 7.91. The van der Waals surface area contributed by atoms with Gasteiger partial charge < -0.3 is 5.73 Å². The van der Waals surface area contributed by atoms with Crippen LogP contribution in [-0.4, -0.2) is 29.0 Å². The molecule has 1 saturated carbocycles. The van der Waals surface area contributed by atoms with Crippen LogP contribution < -0.4 is 5.73 Å². The number of nitrogens with zero attached hydrogens (tertiary/aromatic N) is 2. The smallest absolute Gasteiger partial charge is 0.0409 e. The van der Waals surface area contributed by atoms with Gasteiger partial charge in [-0.05, 0) is 62.4 Å². The van der Waals surface area contributed by atoms with Gasteiger partial charge >= 0.3 is 0 Å². The zero-order valence-electron chi connectivity index (χ0n) is 10.5. The third-order valence-electron chi connectivity index (χ3n) is 4.28. The molecule has 0 aromatic carbocycles. The van der Waals surface area contributed by atoms with Crippen LogP contribution in [0.4, 0.5) is 0 Å². The quantitative estimate of drug-likeness (QED) is 0.863. The van der Waals surface area contributed by atoms with Crippen LogP contribution in [0.25, 0.3) is 0 Å². The fourth-order valence-electron chi connectivity index (χ4n) is 3.16. The minimum atomic E-state index is 0.515. The Morgan fingerprint density at radius 3 is 2.88 bits per heavy atom. The van der Waals surface area contributed by atoms with Gasteiger partial charge in [-0.15, -0.1) is 0 Å². The Morgan fingerprint density at radius 2 is 2.24 bits per heavy atom. The number of hydrogen-bond acceptors (Lipinski definition) is 3. The second-order valence-electron chi connectivity index (χ2n) is 5.43. The van der Waals surface area contributed by atoms with E-state index in [9.17, 15) is 0 Å². The molecule has 0 spiro atoms. The van der Waals surface area contributed by atoms with Crippen LogP contribution in [0.2, 0.25) is 0 Å². The molecule has 2 atom stereocenters. The minimum Gasteiger partial charge on any atom is -0.330 e. The van der Waals surface area contributed by atoms with Gasteiger partial charge in [0.2, 0.25) is 0 Å². The summed E-state index contributed by atoms with van der Waals surface area (Å²) in [5, 5.41) is 0. The van der Waals surface area contributed by atoms with Gasteiger partial charge in [-0.1, -0.05) is 0 Å². The summed E-state index contributed by atoms with van der Waals surface area (Å²) in [6, 6.07) is 3.45. The first kappa shape index (κ1) is 11.2. The highest BCUT2D eigenvalue weighted by Gasteiger charge is 2.42. The van der Waals surface area contributed by atoms with Crippen molar-refractivity contribution in [3.05, 3.63) is 29.6 Å². The predicted octanol–water partition coefficient (Wildman–Crippen LogP) is 1.87. The summed E-state index contributed by atoms with van der Waals surface area (Å²) in [5.74, 6) is 0.610. The minimum absolute atomic E-state index is 0.515. The standard InChI is InChI=1S/C14H21N3/c1-10-4-6-16-9-13(10)14-11(8-15)5-7-17(14)12-2-3-12/h4,6,9,11-12,14H,2-3,5,7-8,15H2,1H3. The molecule has 17 heavy (non-hydrogen) atoms. The Kier molecular flexibility index (Phi) is 2.89. The van der Waals surface area contributed by atoms with Crippen molar-refractivity contribution < 1.29 is 0 Å². The maximum Gasteiger partial charge on any atom is 0.0409 e. The third kappa shape index (κ3) is 1.98. The number of rotatable bonds is 3. The molecule has 0 radical (unpaired) electrons. The van der Waals surface area contributed by atoms with Crippen LogP contribution in [0.15, 0.2) is 18.5 Å². The fourth-order valence-corrected chi connectivity index (χ4v) is 3.16. The number of nitrogens with two attached hydrogens (primary N) is 1. The zero-order valence-corrected chi connectivity index (χ0v) is 10.5. The van der Waals surface area contributed by atoms with E-state index in [1.807, 2.05) is 12.4 Å². The van der Waals surface area contributed by atoms with Crippen LogP contribution in [-0.2, 0) is 0 Å². The van der Waals surface area contributed by atoms with Gasteiger partial charge in [0.05, 0.1) is 0 Å². The lowest BCUT2D eigenvalue weighted by Gasteiger charge is -2.29. The van der Waals surface area contributed by atoms with Crippen molar-refractivity contribution in [2.75, 3.05) is 13.1 Å². The van der Waals surface area contributed by atoms with Crippen LogP contribution in [0, 0.1) is 12.8 Å². The molecule has 0 amide bonds. The molecule has 2 N–H and O–H groups in total. The van der Waals surface area contributed by atoms with Gasteiger partial charge in [0.15, 0.2) is 0 Å². The van der Waals surface area contributed by atoms with Crippen LogP contribution in [0.5, 0.6) is 0 Å². The van der Waals surface area contributed by atoms with Gasteiger partial charge in [-0.25, -0.2) is 0 Å². The monoisotopic (exact) mass is 231 g/mol. The lowest BCUT2D eigenvalue weighted by Crippen LogP contribution is -2.30. The van der Waals surface area contributed by atoms with Gasteiger partial charge in [0, 0.05) is 24.5 Å². The molecule has 92 valence electrons. The number of aryl methyl sites for hydroxylation is 1. The van der Waals surface area contributed by atoms with E-state index in [-0.39, 0.29) is 0 Å². The molecule has 2 aliphatic rings. The van der Waals surface area contributed by atoms with E-state index in [0.717, 1.165) is 12.6 Å². The summed E-state index contributed by atoms with van der Waals surface area (Å²) in [7, 11) is 0. The highest BCUT2D eigenvalue weighted by Crippen LogP contribution is 2.44. The Bertz CT molecular complexity index is 400. The van der Waals surface area contributed by atoms with Crippen molar-refractivity contribution in [3.8, 4) is 0 Å². The number of hydrogen-bond donors (Lipinski definition) is 1. The van der Waals surface area contributed by atoms with Crippen molar-refractivity contribution in [3.63, 3.8) is 0 Å². The Morgan fingerprint density at radius 1 is 1.41 bits per heavy atom. The Hall–Kier alpha value is -0.930. The first-order chi connectivity index (χ1) is 8.31. The summed E-state index contributed by atoms with van der Waals surface area (Å²) in [5.41, 5.74) is 8.70. The maximum absolute atomic E-state index is 5.95. The SMILES string of the molecule is Cc1ccncc1C1C(CN)CCN1C1CC1. The molecular weight excluding hydrogens is 210 g/mol. The highest BCUT2D eigenvalue weighted by atomic mass is 15.2. The first-order valence-electron chi connectivity index (χ1n) is 6.67. The number of pyridine rings is 1. The average Bonchev–Trinajstić information content (AvgIpc) is 3.10. The van der Waals surface area contributed by atoms with E-state index in [0.29, 0.717) is 12.0 Å². The number of likely N-dealkylation sites (tertiary alicyclic amines) is 1. The second-order valence-corrected chi connectivity index (χ2v) is 5.43. The first-order valence-corrected chi connectivity index (χ1v) is 6.67. The van der Waals surface area contributed by atoms with Crippen LogP contribution >= 0.6 is 0 Å². The Balaban J connectivity index is 1.93. The molecule has 1 aromatic heterocycles. The third-order valence-corrected chi connectivity index (χ3v) is 4.28. The lowest BCUT2D eigenvalue weighted by atomic mass is 9.92. The molecule has 1 aliphatic heterocycles. The van der Waals surface area contributed by atoms with Gasteiger partial charge in [0.1, 0.15) is 0 Å². The molecule has 1 saturated heterocycles. The molecule has 1 aromatic rings. The van der Waals surface area contributed by atoms with E-state index in [4.69, 9.17) is 5.73 Å². The molecular formula is C14H21N3. The summed E-state index contributed by atoms with van der Waals surface area (Å²) >= 11 is 0. The topological polar surface area (TPSA) is 42.1 Å². The molecule has 1 aliphatic carbocycles. The molecule has 2 fully saturated rings. The number of aromatic nitrogens is 1. The summed E-state index contributed by atoms with van der Waals surface area (Å²) < 4.78 is 0.